The third-order valence-electron chi connectivity index (χ3n) is 3.20. The van der Waals surface area contributed by atoms with Crippen LogP contribution in [0, 0.1) is 5.41 Å². The average molecular weight is 521 g/mol. The molecule has 0 aliphatic heterocycles. The second kappa shape index (κ2) is 27.7. The first-order valence-electron chi connectivity index (χ1n) is 10.1. The molecule has 0 radical (unpaired) electrons. The smallest absolute Gasteiger partial charge is 0.316 e. The summed E-state index contributed by atoms with van der Waals surface area (Å²) in [7, 11) is 5.49. The van der Waals surface area contributed by atoms with Gasteiger partial charge in [0.25, 0.3) is 0 Å². The predicted octanol–water partition coefficient (Wildman–Crippen LogP) is -0.175. The normalized spacial score (nSPS) is 10.1. The fourth-order valence-corrected chi connectivity index (χ4v) is 1.01. The number of hydrogen-bond donors (Lipinski definition) is 3. The molecule has 0 saturated carbocycles. The molecule has 14 nitrogen and oxygen atoms in total. The minimum Gasteiger partial charge on any atom is -0.468 e. The van der Waals surface area contributed by atoms with Gasteiger partial charge in [-0.2, -0.15) is 0 Å². The van der Waals surface area contributed by atoms with Crippen LogP contribution in [0.2, 0.25) is 0 Å². The number of aliphatic hydroxyl groups is 3. The molecular weight excluding hydrogens is 475 g/mol. The van der Waals surface area contributed by atoms with Crippen molar-refractivity contribution in [1.82, 2.24) is 20.2 Å². The number of aryl methyl sites for hydroxylation is 1. The monoisotopic (exact) mass is 520 g/mol. The summed E-state index contributed by atoms with van der Waals surface area (Å²) < 4.78 is 34.8. The summed E-state index contributed by atoms with van der Waals surface area (Å²) in [5.41, 5.74) is -1.16. The van der Waals surface area contributed by atoms with Gasteiger partial charge in [0.15, 0.2) is 7.37 Å². The Morgan fingerprint density at radius 1 is 1.03 bits per heavy atom. The molecule has 1 aromatic rings. The van der Waals surface area contributed by atoms with Crippen LogP contribution in [0.5, 0.6) is 0 Å². The van der Waals surface area contributed by atoms with Crippen molar-refractivity contribution in [2.75, 3.05) is 88.0 Å². The number of nitrogens with zero attached hydrogens (tertiary/aromatic N) is 4. The highest BCUT2D eigenvalue weighted by Crippen LogP contribution is 2.35. The molecule has 15 heteroatoms. The summed E-state index contributed by atoms with van der Waals surface area (Å²) in [6.07, 6.45) is 1.53. The summed E-state index contributed by atoms with van der Waals surface area (Å²) in [5.74, 6) is -0.600. The highest BCUT2D eigenvalue weighted by molar-refractivity contribution is 7.57. The second-order valence-corrected chi connectivity index (χ2v) is 9.56. The van der Waals surface area contributed by atoms with Crippen molar-refractivity contribution in [1.29, 1.82) is 0 Å². The fourth-order valence-electron chi connectivity index (χ4n) is 1.01. The van der Waals surface area contributed by atoms with Crippen LogP contribution in [0.25, 0.3) is 0 Å². The maximum atomic E-state index is 10.8. The van der Waals surface area contributed by atoms with Crippen molar-refractivity contribution in [2.24, 2.45) is 12.5 Å². The minimum absolute atomic E-state index is 0.122. The molecular formula is C19H45N4O10P. The maximum absolute atomic E-state index is 10.8. The zero-order chi connectivity index (χ0) is 27.5. The molecule has 1 heterocycles. The number of esters is 1. The quantitative estimate of drug-likeness (QED) is 0.210. The third-order valence-corrected chi connectivity index (χ3v) is 4.08. The van der Waals surface area contributed by atoms with Gasteiger partial charge in [-0.05, 0) is 24.3 Å². The molecule has 0 amide bonds. The van der Waals surface area contributed by atoms with Crippen LogP contribution in [0.3, 0.4) is 0 Å². The van der Waals surface area contributed by atoms with Crippen LogP contribution in [-0.4, -0.2) is 130 Å². The molecule has 0 aliphatic rings. The number of hydrogen-bond acceptors (Lipinski definition) is 13. The molecule has 0 bridgehead atoms. The van der Waals surface area contributed by atoms with E-state index < -0.39 is 32.0 Å². The number of aromatic nitrogens is 4. The summed E-state index contributed by atoms with van der Waals surface area (Å²) in [6.45, 7) is 8.50. The number of aliphatic hydroxyl groups excluding tert-OH is 3. The minimum atomic E-state index is -2.15. The van der Waals surface area contributed by atoms with Crippen LogP contribution in [0.4, 0.5) is 0 Å². The topological polar surface area (TPSA) is 185 Å². The number of rotatable bonds is 10. The van der Waals surface area contributed by atoms with E-state index in [1.54, 1.807) is 34.6 Å². The Balaban J connectivity index is -0.000000169. The largest absolute Gasteiger partial charge is 0.468 e. The highest BCUT2D eigenvalue weighted by atomic mass is 31.2. The van der Waals surface area contributed by atoms with E-state index in [1.165, 1.54) is 32.2 Å². The van der Waals surface area contributed by atoms with Crippen molar-refractivity contribution in [3.63, 3.8) is 0 Å². The van der Waals surface area contributed by atoms with Gasteiger partial charge < -0.3 is 38.8 Å². The van der Waals surface area contributed by atoms with Crippen molar-refractivity contribution >= 4 is 13.3 Å². The van der Waals surface area contributed by atoms with E-state index in [9.17, 15) is 9.36 Å². The first-order chi connectivity index (χ1) is 15.9. The molecule has 0 aromatic carbocycles. The first-order valence-corrected chi connectivity index (χ1v) is 12.7. The Morgan fingerprint density at radius 3 is 1.68 bits per heavy atom. The van der Waals surface area contributed by atoms with Crippen LogP contribution < -0.4 is 0 Å². The molecule has 0 atom stereocenters. The SMILES string of the molecule is CCOCCOC.COC(=O)C(C)(CO)CO.COCCO.COP(C)(C)=O.Cn1cnnn1. The molecule has 34 heavy (non-hydrogen) atoms. The summed E-state index contributed by atoms with van der Waals surface area (Å²) in [6, 6.07) is 0. The Morgan fingerprint density at radius 2 is 1.53 bits per heavy atom. The Kier molecular flexibility index (Phi) is 32.4. The van der Waals surface area contributed by atoms with Crippen LogP contribution in [0.1, 0.15) is 13.8 Å². The second-order valence-electron chi connectivity index (χ2n) is 6.69. The number of tetrazole rings is 1. The van der Waals surface area contributed by atoms with E-state index >= 15 is 0 Å². The average Bonchev–Trinajstić information content (AvgIpc) is 3.31. The summed E-state index contributed by atoms with van der Waals surface area (Å²) in [5, 5.41) is 35.4. The van der Waals surface area contributed by atoms with Crippen LogP contribution in [0.15, 0.2) is 6.33 Å². The lowest BCUT2D eigenvalue weighted by atomic mass is 9.93. The Labute approximate surface area is 202 Å². The van der Waals surface area contributed by atoms with Crippen molar-refractivity contribution in [2.45, 2.75) is 13.8 Å². The third kappa shape index (κ3) is 32.7. The van der Waals surface area contributed by atoms with Gasteiger partial charge >= 0.3 is 5.97 Å². The van der Waals surface area contributed by atoms with Crippen LogP contribution >= 0.6 is 7.37 Å². The lowest BCUT2D eigenvalue weighted by molar-refractivity contribution is -0.156. The lowest BCUT2D eigenvalue weighted by Gasteiger charge is -2.20. The van der Waals surface area contributed by atoms with Crippen LogP contribution in [-0.2, 0) is 39.9 Å². The van der Waals surface area contributed by atoms with Crippen molar-refractivity contribution in [3.8, 4) is 0 Å². The van der Waals surface area contributed by atoms with Gasteiger partial charge in [-0.3, -0.25) is 9.36 Å². The number of carbonyl (C=O) groups is 1. The summed E-state index contributed by atoms with van der Waals surface area (Å²) in [4.78, 5) is 10.8. The van der Waals surface area contributed by atoms with Crippen molar-refractivity contribution in [3.05, 3.63) is 6.33 Å². The standard InChI is InChI=1S/C6H12O4.C5H12O2.C3H9O2P.C3H8O2.C2H4N4/c1-6(3-7,4-8)5(9)10-2;1-3-7-5-4-6-2;1-5-6(2,3)4;1-5-3-2-4;1-6-2-3-4-5-6/h7-8H,3-4H2,1-2H3;3-5H2,1-2H3;1-3H3;4H,2-3H2,1H3;2H,1H3. The number of carbonyl (C=O) groups excluding carboxylic acids is 1. The zero-order valence-electron chi connectivity index (χ0n) is 22.0. The zero-order valence-corrected chi connectivity index (χ0v) is 22.9. The van der Waals surface area contributed by atoms with Gasteiger partial charge in [-0.1, -0.05) is 0 Å². The summed E-state index contributed by atoms with van der Waals surface area (Å²) >= 11 is 0. The fraction of sp³-hybridized carbons (Fsp3) is 0.895. The van der Waals surface area contributed by atoms with E-state index in [1.807, 2.05) is 6.92 Å². The van der Waals surface area contributed by atoms with Gasteiger partial charge in [0.05, 0.1) is 46.8 Å². The molecule has 0 saturated heterocycles. The van der Waals surface area contributed by atoms with Gasteiger partial charge in [0.1, 0.15) is 11.7 Å². The van der Waals surface area contributed by atoms with Crippen molar-refractivity contribution < 1.29 is 48.2 Å². The molecule has 0 aliphatic carbocycles. The molecule has 1 rings (SSSR count). The van der Waals surface area contributed by atoms with E-state index in [0.29, 0.717) is 19.8 Å². The number of methoxy groups -OCH3 is 3. The van der Waals surface area contributed by atoms with Gasteiger partial charge in [-0.25, -0.2) is 4.68 Å². The molecule has 0 unspecified atom stereocenters. The van der Waals surface area contributed by atoms with E-state index in [0.717, 1.165) is 6.61 Å². The van der Waals surface area contributed by atoms with E-state index in [-0.39, 0.29) is 6.61 Å². The van der Waals surface area contributed by atoms with E-state index in [4.69, 9.17) is 24.8 Å². The molecule has 3 N–H and O–H groups in total. The Bertz CT molecular complexity index is 563. The maximum Gasteiger partial charge on any atom is 0.316 e. The van der Waals surface area contributed by atoms with Gasteiger partial charge in [0, 0.05) is 48.3 Å². The lowest BCUT2D eigenvalue weighted by Crippen LogP contribution is -2.36. The molecule has 1 aromatic heterocycles. The predicted molar refractivity (Wildman–Crippen MR) is 127 cm³/mol. The Hall–Kier alpha value is -1.51. The van der Waals surface area contributed by atoms with Gasteiger partial charge in [-0.15, -0.1) is 5.10 Å². The first kappa shape index (κ1) is 39.7. The molecule has 206 valence electrons. The molecule has 0 fully saturated rings. The van der Waals surface area contributed by atoms with E-state index in [2.05, 4.69) is 29.5 Å². The molecule has 0 spiro atoms. The highest BCUT2D eigenvalue weighted by Gasteiger charge is 2.32. The van der Waals surface area contributed by atoms with Gasteiger partial charge in [0.2, 0.25) is 0 Å². The number of ether oxygens (including phenoxy) is 4.